The molecule has 0 saturated heterocycles. The van der Waals surface area contributed by atoms with Gasteiger partial charge in [0.2, 0.25) is 0 Å². The quantitative estimate of drug-likeness (QED) is 0.186. The molecule has 0 bridgehead atoms. The monoisotopic (exact) mass is 638 g/mol. The van der Waals surface area contributed by atoms with Gasteiger partial charge in [-0.3, -0.25) is 0 Å². The molecule has 2 heteroatoms. The smallest absolute Gasteiger partial charge is 0.122 e. The Morgan fingerprint density at radius 2 is 1.33 bits per heavy atom. The summed E-state index contributed by atoms with van der Waals surface area (Å²) >= 11 is 0. The molecule has 5 atom stereocenters. The number of fused-ring (bicyclic) bond motifs is 3. The summed E-state index contributed by atoms with van der Waals surface area (Å²) in [6.07, 6.45) is 18.7. The van der Waals surface area contributed by atoms with Gasteiger partial charge in [0.1, 0.15) is 11.2 Å². The van der Waals surface area contributed by atoms with Gasteiger partial charge in [-0.2, -0.15) is 0 Å². The van der Waals surface area contributed by atoms with Crippen LogP contribution in [0.1, 0.15) is 66.0 Å². The van der Waals surface area contributed by atoms with Gasteiger partial charge in [0.25, 0.3) is 0 Å². The second kappa shape index (κ2) is 12.1. The molecule has 0 aromatic heterocycles. The summed E-state index contributed by atoms with van der Waals surface area (Å²) in [4.78, 5) is 0. The fraction of sp³-hybridized carbons (Fsp3) is 0.191. The summed E-state index contributed by atoms with van der Waals surface area (Å²) in [6.45, 7) is 4.29. The second-order valence-corrected chi connectivity index (χ2v) is 14.0. The molecular weight excluding hydrogens is 597 g/mol. The maximum absolute atomic E-state index is 12.5. The van der Waals surface area contributed by atoms with E-state index in [1.807, 2.05) is 12.1 Å². The topological polar surface area (TPSA) is 40.5 Å². The second-order valence-electron chi connectivity index (χ2n) is 14.0. The van der Waals surface area contributed by atoms with Gasteiger partial charge < -0.3 is 10.2 Å². The van der Waals surface area contributed by atoms with Crippen molar-refractivity contribution in [1.29, 1.82) is 0 Å². The molecule has 0 fully saturated rings. The number of rotatable bonds is 7. The highest BCUT2D eigenvalue weighted by atomic mass is 16.3. The number of benzene rings is 5. The molecule has 3 aliphatic rings. The average Bonchev–Trinajstić information content (AvgIpc) is 3.39. The first-order valence-electron chi connectivity index (χ1n) is 17.5. The van der Waals surface area contributed by atoms with Crippen molar-refractivity contribution in [3.63, 3.8) is 0 Å². The summed E-state index contributed by atoms with van der Waals surface area (Å²) in [5.74, 6) is 0.174. The number of hydrogen-bond acceptors (Lipinski definition) is 2. The van der Waals surface area contributed by atoms with Crippen molar-refractivity contribution in [3.05, 3.63) is 203 Å². The normalized spacial score (nSPS) is 24.7. The third kappa shape index (κ3) is 5.01. The number of hydrogen-bond donors (Lipinski definition) is 2. The zero-order chi connectivity index (χ0) is 33.6. The lowest BCUT2D eigenvalue weighted by Gasteiger charge is -2.37. The fourth-order valence-electron chi connectivity index (χ4n) is 8.64. The molecule has 5 aromatic carbocycles. The Kier molecular flexibility index (Phi) is 7.75. The van der Waals surface area contributed by atoms with Crippen molar-refractivity contribution in [2.45, 2.75) is 49.2 Å². The molecule has 5 aromatic rings. The van der Waals surface area contributed by atoms with Crippen molar-refractivity contribution in [3.8, 4) is 22.3 Å². The Balaban J connectivity index is 1.08. The van der Waals surface area contributed by atoms with Crippen LogP contribution < -0.4 is 0 Å². The van der Waals surface area contributed by atoms with Crippen LogP contribution in [0.25, 0.3) is 22.3 Å². The molecule has 2 N–H and O–H groups in total. The van der Waals surface area contributed by atoms with Gasteiger partial charge in [0.15, 0.2) is 0 Å². The van der Waals surface area contributed by atoms with Crippen LogP contribution in [0.15, 0.2) is 170 Å². The average molecular weight is 639 g/mol. The van der Waals surface area contributed by atoms with E-state index >= 15 is 0 Å². The number of allylic oxidation sites excluding steroid dienone is 7. The van der Waals surface area contributed by atoms with Crippen molar-refractivity contribution in [1.82, 2.24) is 0 Å². The summed E-state index contributed by atoms with van der Waals surface area (Å²) < 4.78 is 0. The Bertz CT molecular complexity index is 2130. The molecule has 0 heterocycles. The Labute approximate surface area is 290 Å². The Morgan fingerprint density at radius 1 is 0.673 bits per heavy atom. The first kappa shape index (κ1) is 31.3. The standard InChI is InChI=1S/C47H42O2/c1-3-46(48,41-19-8-7-18-40(41)35-14-5-4-6-15-35)38-27-23-33(24-28-38)36-16-13-17-37(32-36)34-25-29-39(30-26-34)47(49)43-21-10-9-20-42(43)45(2)31-12-11-22-44(45)47/h4-14,16-32,35,44,48-49H,3,15H2,1-2H3. The van der Waals surface area contributed by atoms with Gasteiger partial charge in [-0.05, 0) is 74.5 Å². The van der Waals surface area contributed by atoms with Gasteiger partial charge in [-0.25, -0.2) is 0 Å². The van der Waals surface area contributed by atoms with Crippen LogP contribution in [0.4, 0.5) is 0 Å². The van der Waals surface area contributed by atoms with Gasteiger partial charge in [0, 0.05) is 17.3 Å². The lowest BCUT2D eigenvalue weighted by Crippen LogP contribution is -2.39. The predicted octanol–water partition coefficient (Wildman–Crippen LogP) is 10.5. The van der Waals surface area contributed by atoms with Crippen LogP contribution in [0.5, 0.6) is 0 Å². The van der Waals surface area contributed by atoms with Gasteiger partial charge in [-0.1, -0.05) is 178 Å². The highest BCUT2D eigenvalue weighted by molar-refractivity contribution is 5.74. The van der Waals surface area contributed by atoms with Crippen LogP contribution in [0.2, 0.25) is 0 Å². The molecule has 0 radical (unpaired) electrons. The molecule has 0 amide bonds. The van der Waals surface area contributed by atoms with Crippen molar-refractivity contribution in [2.75, 3.05) is 0 Å². The van der Waals surface area contributed by atoms with E-state index in [1.54, 1.807) is 0 Å². The minimum Gasteiger partial charge on any atom is -0.380 e. The maximum Gasteiger partial charge on any atom is 0.122 e. The van der Waals surface area contributed by atoms with E-state index in [0.717, 1.165) is 50.9 Å². The molecular formula is C47H42O2. The molecule has 0 spiro atoms. The fourth-order valence-corrected chi connectivity index (χ4v) is 8.64. The van der Waals surface area contributed by atoms with Gasteiger partial charge >= 0.3 is 0 Å². The highest BCUT2D eigenvalue weighted by Crippen LogP contribution is 2.58. The molecule has 3 aliphatic carbocycles. The van der Waals surface area contributed by atoms with Crippen LogP contribution in [0.3, 0.4) is 0 Å². The molecule has 2 nitrogen and oxygen atoms in total. The van der Waals surface area contributed by atoms with E-state index in [-0.39, 0.29) is 17.3 Å². The molecule has 242 valence electrons. The minimum absolute atomic E-state index is 0.0837. The summed E-state index contributed by atoms with van der Waals surface area (Å²) in [5.41, 5.74) is 8.12. The Hall–Kier alpha value is -5.02. The zero-order valence-electron chi connectivity index (χ0n) is 28.1. The van der Waals surface area contributed by atoms with E-state index in [9.17, 15) is 10.2 Å². The first-order valence-corrected chi connectivity index (χ1v) is 17.5. The van der Waals surface area contributed by atoms with E-state index in [1.165, 1.54) is 11.1 Å². The zero-order valence-corrected chi connectivity index (χ0v) is 28.1. The molecule has 5 unspecified atom stereocenters. The van der Waals surface area contributed by atoms with Crippen LogP contribution in [-0.2, 0) is 16.6 Å². The van der Waals surface area contributed by atoms with E-state index in [4.69, 9.17) is 0 Å². The molecule has 0 aliphatic heterocycles. The minimum atomic E-state index is -1.11. The SMILES string of the molecule is CCC(O)(c1ccc(-c2cccc(-c3ccc(C4(O)c5ccccc5C5(C)C=CC=CC54)cc3)c2)cc1)c1ccccc1C1C=CC=CC1. The molecule has 8 rings (SSSR count). The van der Waals surface area contributed by atoms with E-state index in [2.05, 4.69) is 172 Å². The lowest BCUT2D eigenvalue weighted by atomic mass is 9.69. The largest absolute Gasteiger partial charge is 0.380 e. The van der Waals surface area contributed by atoms with Crippen molar-refractivity contribution >= 4 is 0 Å². The Morgan fingerprint density at radius 3 is 2.02 bits per heavy atom. The van der Waals surface area contributed by atoms with Gasteiger partial charge in [0.05, 0.1) is 0 Å². The summed E-state index contributed by atoms with van der Waals surface area (Å²) in [5, 5.41) is 24.7. The predicted molar refractivity (Wildman–Crippen MR) is 201 cm³/mol. The summed E-state index contributed by atoms with van der Waals surface area (Å²) in [6, 6.07) is 42.1. The van der Waals surface area contributed by atoms with Crippen LogP contribution in [-0.4, -0.2) is 10.2 Å². The maximum atomic E-state index is 12.5. The van der Waals surface area contributed by atoms with Gasteiger partial charge in [-0.15, -0.1) is 0 Å². The molecule has 49 heavy (non-hydrogen) atoms. The lowest BCUT2D eigenvalue weighted by molar-refractivity contribution is 0.0324. The summed E-state index contributed by atoms with van der Waals surface area (Å²) in [7, 11) is 0. The van der Waals surface area contributed by atoms with Crippen molar-refractivity contribution < 1.29 is 10.2 Å². The third-order valence-corrected chi connectivity index (χ3v) is 11.4. The molecule has 0 saturated carbocycles. The van der Waals surface area contributed by atoms with Crippen LogP contribution >= 0.6 is 0 Å². The highest BCUT2D eigenvalue weighted by Gasteiger charge is 2.56. The first-order chi connectivity index (χ1) is 23.9. The van der Waals surface area contributed by atoms with Crippen molar-refractivity contribution in [2.24, 2.45) is 5.92 Å². The number of aliphatic hydroxyl groups is 2. The van der Waals surface area contributed by atoms with Crippen LogP contribution in [0, 0.1) is 5.92 Å². The third-order valence-electron chi connectivity index (χ3n) is 11.4. The van der Waals surface area contributed by atoms with E-state index in [0.29, 0.717) is 6.42 Å². The van der Waals surface area contributed by atoms with E-state index < -0.39 is 11.2 Å².